The molecular formula is C35H29BrN4O4S2. The molecule has 0 aliphatic carbocycles. The van der Waals surface area contributed by atoms with Gasteiger partial charge < -0.3 is 20.7 Å². The molecule has 0 saturated heterocycles. The van der Waals surface area contributed by atoms with E-state index in [-0.39, 0.29) is 11.6 Å². The van der Waals surface area contributed by atoms with Gasteiger partial charge in [-0.15, -0.1) is 23.1 Å². The fraction of sp³-hybridized carbons (Fsp3) is 0.0857. The van der Waals surface area contributed by atoms with Gasteiger partial charge in [-0.2, -0.15) is 0 Å². The van der Waals surface area contributed by atoms with E-state index in [2.05, 4.69) is 36.9 Å². The minimum Gasteiger partial charge on any atom is -0.496 e. The number of halogens is 1. The molecule has 0 aliphatic heterocycles. The number of nitrogens with zero attached hydrogens (tertiary/aromatic N) is 1. The SMILES string of the molecule is COc1ccccc1-c1csc(NC(=O)C(C)Sc2ccc(NC(=O)/C(=C/c3ccc(Br)cc3)NC(=O)c3ccccc3)cc2)n1. The molecule has 0 spiro atoms. The summed E-state index contributed by atoms with van der Waals surface area (Å²) in [4.78, 5) is 44.6. The Hall–Kier alpha value is -4.71. The van der Waals surface area contributed by atoms with Crippen LogP contribution in [0.15, 0.2) is 124 Å². The first-order chi connectivity index (χ1) is 22.3. The molecule has 1 unspecified atom stereocenters. The van der Waals surface area contributed by atoms with Crippen LogP contribution >= 0.6 is 39.0 Å². The largest absolute Gasteiger partial charge is 0.496 e. The molecule has 11 heteroatoms. The number of hydrogen-bond donors (Lipinski definition) is 3. The number of carbonyl (C=O) groups is 3. The maximum Gasteiger partial charge on any atom is 0.272 e. The van der Waals surface area contributed by atoms with Crippen molar-refractivity contribution in [3.05, 3.63) is 130 Å². The third kappa shape index (κ3) is 8.72. The lowest BCUT2D eigenvalue weighted by molar-refractivity contribution is -0.115. The highest BCUT2D eigenvalue weighted by Crippen LogP contribution is 2.32. The maximum atomic E-state index is 13.3. The smallest absolute Gasteiger partial charge is 0.272 e. The predicted octanol–water partition coefficient (Wildman–Crippen LogP) is 8.11. The van der Waals surface area contributed by atoms with Gasteiger partial charge in [-0.25, -0.2) is 4.98 Å². The molecule has 1 atom stereocenters. The van der Waals surface area contributed by atoms with Gasteiger partial charge in [0, 0.05) is 31.6 Å². The first-order valence-electron chi connectivity index (χ1n) is 14.1. The van der Waals surface area contributed by atoms with Gasteiger partial charge in [0.05, 0.1) is 18.1 Å². The summed E-state index contributed by atoms with van der Waals surface area (Å²) in [5, 5.41) is 10.5. The van der Waals surface area contributed by atoms with Gasteiger partial charge in [0.25, 0.3) is 11.8 Å². The Bertz CT molecular complexity index is 1860. The van der Waals surface area contributed by atoms with Gasteiger partial charge in [0.2, 0.25) is 5.91 Å². The zero-order valence-electron chi connectivity index (χ0n) is 24.8. The predicted molar refractivity (Wildman–Crippen MR) is 189 cm³/mol. The van der Waals surface area contributed by atoms with Crippen molar-refractivity contribution >= 4 is 73.6 Å². The molecule has 4 aromatic carbocycles. The maximum absolute atomic E-state index is 13.3. The molecule has 3 amide bonds. The summed E-state index contributed by atoms with van der Waals surface area (Å²) >= 11 is 6.14. The van der Waals surface area contributed by atoms with E-state index in [0.717, 1.165) is 26.2 Å². The summed E-state index contributed by atoms with van der Waals surface area (Å²) < 4.78 is 6.32. The summed E-state index contributed by atoms with van der Waals surface area (Å²) in [5.74, 6) is -0.341. The van der Waals surface area contributed by atoms with Gasteiger partial charge in [-0.05, 0) is 79.2 Å². The lowest BCUT2D eigenvalue weighted by atomic mass is 10.1. The molecule has 0 fully saturated rings. The van der Waals surface area contributed by atoms with Gasteiger partial charge >= 0.3 is 0 Å². The van der Waals surface area contributed by atoms with Crippen molar-refractivity contribution in [2.45, 2.75) is 17.1 Å². The average molecular weight is 714 g/mol. The molecule has 0 radical (unpaired) electrons. The molecule has 0 bridgehead atoms. The molecule has 1 aromatic heterocycles. The van der Waals surface area contributed by atoms with E-state index in [1.165, 1.54) is 23.1 Å². The molecule has 46 heavy (non-hydrogen) atoms. The van der Waals surface area contributed by atoms with Crippen LogP contribution in [0.3, 0.4) is 0 Å². The Balaban J connectivity index is 1.21. The van der Waals surface area contributed by atoms with E-state index in [9.17, 15) is 14.4 Å². The number of methoxy groups -OCH3 is 1. The highest BCUT2D eigenvalue weighted by molar-refractivity contribution is 9.10. The van der Waals surface area contributed by atoms with Crippen LogP contribution in [0.4, 0.5) is 10.8 Å². The van der Waals surface area contributed by atoms with Crippen molar-refractivity contribution in [1.29, 1.82) is 0 Å². The summed E-state index contributed by atoms with van der Waals surface area (Å²) in [6.07, 6.45) is 1.62. The average Bonchev–Trinajstić information content (AvgIpc) is 3.54. The Morgan fingerprint density at radius 2 is 1.59 bits per heavy atom. The fourth-order valence-electron chi connectivity index (χ4n) is 4.26. The Morgan fingerprint density at radius 1 is 0.891 bits per heavy atom. The van der Waals surface area contributed by atoms with E-state index in [0.29, 0.717) is 22.1 Å². The third-order valence-corrected chi connectivity index (χ3v) is 9.02. The number of para-hydroxylation sites is 1. The molecule has 0 aliphatic rings. The van der Waals surface area contributed by atoms with Crippen molar-refractivity contribution in [3.63, 3.8) is 0 Å². The number of benzene rings is 4. The molecule has 0 saturated carbocycles. The first kappa shape index (κ1) is 32.7. The van der Waals surface area contributed by atoms with Crippen molar-refractivity contribution in [2.24, 2.45) is 0 Å². The number of anilines is 2. The zero-order valence-corrected chi connectivity index (χ0v) is 28.0. The van der Waals surface area contributed by atoms with E-state index < -0.39 is 17.1 Å². The van der Waals surface area contributed by atoms with Crippen LogP contribution in [-0.4, -0.2) is 35.1 Å². The number of hydrogen-bond acceptors (Lipinski definition) is 7. The lowest BCUT2D eigenvalue weighted by Gasteiger charge is -2.13. The number of thioether (sulfide) groups is 1. The molecule has 5 rings (SSSR count). The van der Waals surface area contributed by atoms with E-state index >= 15 is 0 Å². The van der Waals surface area contributed by atoms with Crippen LogP contribution in [0.2, 0.25) is 0 Å². The fourth-order valence-corrected chi connectivity index (χ4v) is 6.10. The third-order valence-electron chi connectivity index (χ3n) is 6.62. The van der Waals surface area contributed by atoms with Gasteiger partial charge in [-0.1, -0.05) is 58.4 Å². The highest BCUT2D eigenvalue weighted by Gasteiger charge is 2.18. The van der Waals surface area contributed by atoms with Crippen LogP contribution in [0.25, 0.3) is 17.3 Å². The quantitative estimate of drug-likeness (QED) is 0.0943. The van der Waals surface area contributed by atoms with Gasteiger partial charge in [0.15, 0.2) is 5.13 Å². The number of carbonyl (C=O) groups excluding carboxylic acids is 3. The number of amides is 3. The number of nitrogens with one attached hydrogen (secondary N) is 3. The topological polar surface area (TPSA) is 109 Å². The van der Waals surface area contributed by atoms with E-state index in [1.807, 2.05) is 79.0 Å². The zero-order chi connectivity index (χ0) is 32.5. The summed E-state index contributed by atoms with van der Waals surface area (Å²) in [6, 6.07) is 30.8. The summed E-state index contributed by atoms with van der Waals surface area (Å²) in [5.41, 5.74) is 3.39. The lowest BCUT2D eigenvalue weighted by Crippen LogP contribution is -2.30. The first-order valence-corrected chi connectivity index (χ1v) is 16.7. The van der Waals surface area contributed by atoms with Crippen molar-refractivity contribution in [2.75, 3.05) is 17.7 Å². The van der Waals surface area contributed by atoms with E-state index in [1.54, 1.807) is 49.6 Å². The highest BCUT2D eigenvalue weighted by atomic mass is 79.9. The normalized spacial score (nSPS) is 11.8. The second-order valence-electron chi connectivity index (χ2n) is 9.90. The monoisotopic (exact) mass is 712 g/mol. The summed E-state index contributed by atoms with van der Waals surface area (Å²) in [6.45, 7) is 1.82. The molecule has 5 aromatic rings. The van der Waals surface area contributed by atoms with Gasteiger partial charge in [-0.3, -0.25) is 14.4 Å². The number of aromatic nitrogens is 1. The van der Waals surface area contributed by atoms with Gasteiger partial charge in [0.1, 0.15) is 11.4 Å². The minimum absolute atomic E-state index is 0.0935. The van der Waals surface area contributed by atoms with Crippen LogP contribution in [0, 0.1) is 0 Å². The van der Waals surface area contributed by atoms with E-state index in [4.69, 9.17) is 4.74 Å². The Kier molecular flexibility index (Phi) is 11.0. The molecule has 3 N–H and O–H groups in total. The van der Waals surface area contributed by atoms with Crippen molar-refractivity contribution in [3.8, 4) is 17.0 Å². The molecule has 232 valence electrons. The van der Waals surface area contributed by atoms with Crippen LogP contribution in [0.5, 0.6) is 5.75 Å². The Morgan fingerprint density at radius 3 is 2.30 bits per heavy atom. The minimum atomic E-state index is -0.476. The second-order valence-corrected chi connectivity index (χ2v) is 13.1. The molecular weight excluding hydrogens is 684 g/mol. The van der Waals surface area contributed by atoms with Crippen molar-refractivity contribution < 1.29 is 19.1 Å². The summed E-state index contributed by atoms with van der Waals surface area (Å²) in [7, 11) is 1.61. The van der Waals surface area contributed by atoms with Crippen LogP contribution in [-0.2, 0) is 9.59 Å². The molecule has 8 nitrogen and oxygen atoms in total. The molecule has 1 heterocycles. The van der Waals surface area contributed by atoms with Crippen molar-refractivity contribution in [1.82, 2.24) is 10.3 Å². The van der Waals surface area contributed by atoms with Crippen LogP contribution in [0.1, 0.15) is 22.8 Å². The number of thiazole rings is 1. The number of rotatable bonds is 11. The second kappa shape index (κ2) is 15.5. The standard InChI is InChI=1S/C35H29BrN4O4S2/c1-22(32(41)40-35-39-30(21-45-35)28-10-6-7-11-31(28)44-2)46-27-18-16-26(17-19-27)37-34(43)29(20-23-12-14-25(36)15-13-23)38-33(42)24-8-4-3-5-9-24/h3-22H,1-2H3,(H,37,43)(H,38,42)(H,39,40,41)/b29-20-. The number of ether oxygens (including phenoxy) is 1. The van der Waals surface area contributed by atoms with Crippen LogP contribution < -0.4 is 20.7 Å². The Labute approximate surface area is 283 Å².